The highest BCUT2D eigenvalue weighted by atomic mass is 32.1. The van der Waals surface area contributed by atoms with Gasteiger partial charge in [0.25, 0.3) is 0 Å². The summed E-state index contributed by atoms with van der Waals surface area (Å²) in [5.74, 6) is 0. The molecule has 0 bridgehead atoms. The SMILES string of the molecule is CCCCC(C)(C)c1sc(F)cc1C. The van der Waals surface area contributed by atoms with Crippen molar-refractivity contribution < 1.29 is 4.39 Å². The first-order chi connectivity index (χ1) is 6.47. The molecule has 80 valence electrons. The molecule has 14 heavy (non-hydrogen) atoms. The molecule has 0 aliphatic heterocycles. The monoisotopic (exact) mass is 214 g/mol. The van der Waals surface area contributed by atoms with E-state index in [0.29, 0.717) is 0 Å². The van der Waals surface area contributed by atoms with Crippen molar-refractivity contribution in [2.24, 2.45) is 0 Å². The third-order valence-corrected chi connectivity index (χ3v) is 4.05. The molecule has 1 heterocycles. The largest absolute Gasteiger partial charge is 0.195 e. The van der Waals surface area contributed by atoms with Gasteiger partial charge in [-0.1, -0.05) is 33.6 Å². The van der Waals surface area contributed by atoms with Crippen LogP contribution in [-0.2, 0) is 5.41 Å². The van der Waals surface area contributed by atoms with Crippen LogP contribution in [0, 0.1) is 12.1 Å². The fourth-order valence-corrected chi connectivity index (χ4v) is 2.88. The zero-order chi connectivity index (χ0) is 10.8. The van der Waals surface area contributed by atoms with Gasteiger partial charge in [0.15, 0.2) is 5.13 Å². The molecule has 1 aromatic heterocycles. The molecular weight excluding hydrogens is 195 g/mol. The summed E-state index contributed by atoms with van der Waals surface area (Å²) in [4.78, 5) is 1.21. The molecule has 0 aromatic carbocycles. The van der Waals surface area contributed by atoms with Gasteiger partial charge < -0.3 is 0 Å². The Morgan fingerprint density at radius 3 is 2.50 bits per heavy atom. The Morgan fingerprint density at radius 1 is 1.43 bits per heavy atom. The number of aryl methyl sites for hydroxylation is 1. The number of thiophene rings is 1. The van der Waals surface area contributed by atoms with Crippen LogP contribution in [0.3, 0.4) is 0 Å². The lowest BCUT2D eigenvalue weighted by molar-refractivity contribution is 0.464. The summed E-state index contributed by atoms with van der Waals surface area (Å²) in [7, 11) is 0. The average Bonchev–Trinajstić information content (AvgIpc) is 2.42. The van der Waals surface area contributed by atoms with Gasteiger partial charge in [-0.2, -0.15) is 4.39 Å². The second-order valence-electron chi connectivity index (χ2n) is 4.55. The van der Waals surface area contributed by atoms with E-state index in [0.717, 1.165) is 12.0 Å². The van der Waals surface area contributed by atoms with Gasteiger partial charge in [-0.05, 0) is 30.4 Å². The molecule has 1 rings (SSSR count). The zero-order valence-electron chi connectivity index (χ0n) is 9.48. The van der Waals surface area contributed by atoms with Crippen LogP contribution in [0.5, 0.6) is 0 Å². The van der Waals surface area contributed by atoms with E-state index in [1.54, 1.807) is 6.07 Å². The Hall–Kier alpha value is -0.370. The van der Waals surface area contributed by atoms with Crippen LogP contribution in [0.2, 0.25) is 0 Å². The van der Waals surface area contributed by atoms with Crippen molar-refractivity contribution in [3.8, 4) is 0 Å². The molecule has 1 aromatic rings. The predicted molar refractivity (Wildman–Crippen MR) is 61.6 cm³/mol. The van der Waals surface area contributed by atoms with E-state index in [1.807, 2.05) is 6.92 Å². The molecule has 0 aliphatic rings. The lowest BCUT2D eigenvalue weighted by Gasteiger charge is -2.24. The summed E-state index contributed by atoms with van der Waals surface area (Å²) in [5, 5.41) is -0.0536. The maximum atomic E-state index is 13.1. The van der Waals surface area contributed by atoms with E-state index >= 15 is 0 Å². The molecule has 0 unspecified atom stereocenters. The molecule has 0 saturated heterocycles. The summed E-state index contributed by atoms with van der Waals surface area (Å²) in [6.07, 6.45) is 3.56. The van der Waals surface area contributed by atoms with Crippen molar-refractivity contribution >= 4 is 11.3 Å². The first-order valence-electron chi connectivity index (χ1n) is 5.24. The number of halogens is 1. The third kappa shape index (κ3) is 2.57. The lowest BCUT2D eigenvalue weighted by Crippen LogP contribution is -2.16. The summed E-state index contributed by atoms with van der Waals surface area (Å²) in [6.45, 7) is 8.61. The van der Waals surface area contributed by atoms with Crippen molar-refractivity contribution in [3.05, 3.63) is 21.6 Å². The molecule has 0 aliphatic carbocycles. The Balaban J connectivity index is 2.85. The summed E-state index contributed by atoms with van der Waals surface area (Å²) < 4.78 is 13.1. The van der Waals surface area contributed by atoms with Crippen molar-refractivity contribution in [1.82, 2.24) is 0 Å². The van der Waals surface area contributed by atoms with Crippen LogP contribution in [-0.4, -0.2) is 0 Å². The van der Waals surface area contributed by atoms with Crippen molar-refractivity contribution in [2.45, 2.75) is 52.4 Å². The Labute approximate surface area is 90.2 Å². The minimum Gasteiger partial charge on any atom is -0.195 e. The molecule has 0 N–H and O–H groups in total. The van der Waals surface area contributed by atoms with Gasteiger partial charge in [0, 0.05) is 4.88 Å². The second-order valence-corrected chi connectivity index (χ2v) is 5.55. The second kappa shape index (κ2) is 4.43. The van der Waals surface area contributed by atoms with Crippen molar-refractivity contribution in [1.29, 1.82) is 0 Å². The van der Waals surface area contributed by atoms with Gasteiger partial charge in [0.1, 0.15) is 0 Å². The summed E-state index contributed by atoms with van der Waals surface area (Å²) in [5.41, 5.74) is 1.24. The minimum atomic E-state index is -0.0536. The maximum absolute atomic E-state index is 13.1. The molecule has 2 heteroatoms. The van der Waals surface area contributed by atoms with E-state index in [-0.39, 0.29) is 10.5 Å². The molecule has 0 radical (unpaired) electrons. The summed E-state index contributed by atoms with van der Waals surface area (Å²) in [6, 6.07) is 1.65. The van der Waals surface area contributed by atoms with Crippen LogP contribution in [0.25, 0.3) is 0 Å². The normalized spacial score (nSPS) is 12.1. The number of rotatable bonds is 4. The Morgan fingerprint density at radius 2 is 2.07 bits per heavy atom. The van der Waals surface area contributed by atoms with Crippen LogP contribution >= 0.6 is 11.3 Å². The van der Waals surface area contributed by atoms with E-state index in [2.05, 4.69) is 20.8 Å². The first kappa shape index (κ1) is 11.7. The molecule has 0 fully saturated rings. The predicted octanol–water partition coefficient (Wildman–Crippen LogP) is 4.66. The van der Waals surface area contributed by atoms with Gasteiger partial charge in [-0.25, -0.2) is 0 Å². The quantitative estimate of drug-likeness (QED) is 0.683. The lowest BCUT2D eigenvalue weighted by atomic mass is 9.84. The first-order valence-corrected chi connectivity index (χ1v) is 6.05. The van der Waals surface area contributed by atoms with Crippen LogP contribution in [0.4, 0.5) is 4.39 Å². The highest BCUT2D eigenvalue weighted by Gasteiger charge is 2.24. The molecular formula is C12H19FS. The fourth-order valence-electron chi connectivity index (χ4n) is 1.85. The van der Waals surface area contributed by atoms with Crippen LogP contribution in [0.1, 0.15) is 50.5 Å². The highest BCUT2D eigenvalue weighted by molar-refractivity contribution is 7.10. The molecule has 0 saturated carbocycles. The van der Waals surface area contributed by atoms with E-state index < -0.39 is 0 Å². The molecule has 0 nitrogen and oxygen atoms in total. The highest BCUT2D eigenvalue weighted by Crippen LogP contribution is 2.36. The topological polar surface area (TPSA) is 0 Å². The standard InChI is InChI=1S/C12H19FS/c1-5-6-7-12(3,4)11-9(2)8-10(13)14-11/h8H,5-7H2,1-4H3. The smallest absolute Gasteiger partial charge is 0.176 e. The fraction of sp³-hybridized carbons (Fsp3) is 0.667. The van der Waals surface area contributed by atoms with E-state index in [1.165, 1.54) is 29.1 Å². The van der Waals surface area contributed by atoms with Crippen molar-refractivity contribution in [2.75, 3.05) is 0 Å². The van der Waals surface area contributed by atoms with Crippen molar-refractivity contribution in [3.63, 3.8) is 0 Å². The zero-order valence-corrected chi connectivity index (χ0v) is 10.3. The van der Waals surface area contributed by atoms with Gasteiger partial charge in [-0.15, -0.1) is 11.3 Å². The minimum absolute atomic E-state index is 0.0536. The summed E-state index contributed by atoms with van der Waals surface area (Å²) >= 11 is 1.31. The molecule has 0 spiro atoms. The van der Waals surface area contributed by atoms with Gasteiger partial charge in [-0.3, -0.25) is 0 Å². The van der Waals surface area contributed by atoms with Gasteiger partial charge in [0.2, 0.25) is 0 Å². The van der Waals surface area contributed by atoms with Gasteiger partial charge in [0.05, 0.1) is 0 Å². The number of unbranched alkanes of at least 4 members (excludes halogenated alkanes) is 1. The van der Waals surface area contributed by atoms with E-state index in [9.17, 15) is 4.39 Å². The van der Waals surface area contributed by atoms with Gasteiger partial charge >= 0.3 is 0 Å². The Bertz CT molecular complexity index is 299. The van der Waals surface area contributed by atoms with E-state index in [4.69, 9.17) is 0 Å². The maximum Gasteiger partial charge on any atom is 0.176 e. The number of hydrogen-bond donors (Lipinski definition) is 0. The molecule has 0 amide bonds. The van der Waals surface area contributed by atoms with Crippen LogP contribution < -0.4 is 0 Å². The third-order valence-electron chi connectivity index (χ3n) is 2.66. The van der Waals surface area contributed by atoms with Crippen LogP contribution in [0.15, 0.2) is 6.07 Å². The average molecular weight is 214 g/mol. The Kier molecular flexibility index (Phi) is 3.71. The molecule has 0 atom stereocenters. The number of hydrogen-bond acceptors (Lipinski definition) is 1.